The molecule has 0 fully saturated rings. The van der Waals surface area contributed by atoms with Crippen molar-refractivity contribution in [1.82, 2.24) is 25.2 Å². The van der Waals surface area contributed by atoms with Gasteiger partial charge < -0.3 is 9.47 Å². The van der Waals surface area contributed by atoms with Gasteiger partial charge in [-0.3, -0.25) is 0 Å². The Morgan fingerprint density at radius 1 is 0.775 bits per heavy atom. The van der Waals surface area contributed by atoms with Crippen LogP contribution in [0.2, 0.25) is 0 Å². The first kappa shape index (κ1) is 27.1. The summed E-state index contributed by atoms with van der Waals surface area (Å²) in [6.07, 6.45) is 1.16. The first-order chi connectivity index (χ1) is 19.3. The standard InChI is InChI=1S/C30H28F3N5O2/c1-4-5-6-7-25-29(38-18-26(36-37-38)21-11-15-27(39-2)28(17-21)40-3)23-16-20(10-14-24(23)34-35-25)19-8-12-22(13-9-19)30(31,32)33/h8-18H,4-7H2,1-3H3. The summed E-state index contributed by atoms with van der Waals surface area (Å²) in [5.74, 6) is 1.18. The fourth-order valence-corrected chi connectivity index (χ4v) is 4.63. The summed E-state index contributed by atoms with van der Waals surface area (Å²) in [6.45, 7) is 2.14. The minimum atomic E-state index is -4.39. The SMILES string of the molecule is CCCCCc1nnc2ccc(-c3ccc(C(F)(F)F)cc3)cc2c1-n1cc(-c2ccc(OC)c(OC)c2)nn1. The minimum Gasteiger partial charge on any atom is -0.493 e. The van der Waals surface area contributed by atoms with Gasteiger partial charge in [0.2, 0.25) is 0 Å². The zero-order valence-electron chi connectivity index (χ0n) is 22.4. The van der Waals surface area contributed by atoms with E-state index in [-0.39, 0.29) is 0 Å². The molecule has 5 aromatic rings. The maximum Gasteiger partial charge on any atom is 0.416 e. The second kappa shape index (κ2) is 11.3. The third-order valence-electron chi connectivity index (χ3n) is 6.77. The topological polar surface area (TPSA) is 75.0 Å². The predicted octanol–water partition coefficient (Wildman–Crippen LogP) is 7.31. The van der Waals surface area contributed by atoms with Crippen molar-refractivity contribution in [2.45, 2.75) is 38.8 Å². The Morgan fingerprint density at radius 2 is 1.50 bits per heavy atom. The van der Waals surface area contributed by atoms with Crippen molar-refractivity contribution in [3.05, 3.63) is 78.1 Å². The van der Waals surface area contributed by atoms with Crippen molar-refractivity contribution in [1.29, 1.82) is 0 Å². The van der Waals surface area contributed by atoms with Crippen LogP contribution in [0.4, 0.5) is 13.2 Å². The number of nitrogens with zero attached hydrogens (tertiary/aromatic N) is 5. The first-order valence-electron chi connectivity index (χ1n) is 12.9. The number of halogens is 3. The number of rotatable bonds is 9. The molecule has 0 aliphatic carbocycles. The summed E-state index contributed by atoms with van der Waals surface area (Å²) in [6, 6.07) is 16.2. The third kappa shape index (κ3) is 5.47. The van der Waals surface area contributed by atoms with Crippen molar-refractivity contribution in [2.24, 2.45) is 0 Å². The lowest BCUT2D eigenvalue weighted by molar-refractivity contribution is -0.137. The number of benzene rings is 3. The van der Waals surface area contributed by atoms with Crippen molar-refractivity contribution in [3.8, 4) is 39.6 Å². The summed E-state index contributed by atoms with van der Waals surface area (Å²) in [4.78, 5) is 0. The van der Waals surface area contributed by atoms with E-state index >= 15 is 0 Å². The number of hydrogen-bond donors (Lipinski definition) is 0. The number of hydrogen-bond acceptors (Lipinski definition) is 6. The number of unbranched alkanes of at least 4 members (excludes halogenated alkanes) is 2. The molecule has 7 nitrogen and oxygen atoms in total. The molecule has 2 heterocycles. The van der Waals surface area contributed by atoms with Gasteiger partial charge in [-0.05, 0) is 66.4 Å². The van der Waals surface area contributed by atoms with E-state index in [4.69, 9.17) is 9.47 Å². The first-order valence-corrected chi connectivity index (χ1v) is 12.9. The van der Waals surface area contributed by atoms with Gasteiger partial charge in [0, 0.05) is 10.9 Å². The van der Waals surface area contributed by atoms with Crippen LogP contribution in [-0.2, 0) is 12.6 Å². The molecule has 10 heteroatoms. The molecule has 0 bridgehead atoms. The highest BCUT2D eigenvalue weighted by Crippen LogP contribution is 2.34. The Labute approximate surface area is 229 Å². The van der Waals surface area contributed by atoms with Crippen LogP contribution in [-0.4, -0.2) is 39.4 Å². The quantitative estimate of drug-likeness (QED) is 0.180. The molecule has 0 aliphatic rings. The fraction of sp³-hybridized carbons (Fsp3) is 0.267. The van der Waals surface area contributed by atoms with E-state index in [2.05, 4.69) is 27.4 Å². The van der Waals surface area contributed by atoms with Crippen molar-refractivity contribution in [3.63, 3.8) is 0 Å². The summed E-state index contributed by atoms with van der Waals surface area (Å²) < 4.78 is 51.8. The van der Waals surface area contributed by atoms with Gasteiger partial charge in [0.15, 0.2) is 11.5 Å². The van der Waals surface area contributed by atoms with E-state index in [9.17, 15) is 13.2 Å². The molecule has 0 N–H and O–H groups in total. The average molecular weight is 548 g/mol. The summed E-state index contributed by atoms with van der Waals surface area (Å²) in [5.41, 5.74) is 4.33. The molecular weight excluding hydrogens is 519 g/mol. The number of methoxy groups -OCH3 is 2. The zero-order chi connectivity index (χ0) is 28.3. The number of ether oxygens (including phenoxy) is 2. The molecule has 0 saturated carbocycles. The number of aromatic nitrogens is 5. The van der Waals surface area contributed by atoms with Crippen LogP contribution in [0, 0.1) is 0 Å². The van der Waals surface area contributed by atoms with Crippen LogP contribution in [0.5, 0.6) is 11.5 Å². The molecule has 0 unspecified atom stereocenters. The molecule has 0 aliphatic heterocycles. The molecule has 0 saturated heterocycles. The van der Waals surface area contributed by atoms with Crippen LogP contribution in [0.15, 0.2) is 66.9 Å². The highest BCUT2D eigenvalue weighted by molar-refractivity contribution is 5.91. The summed E-state index contributed by atoms with van der Waals surface area (Å²) >= 11 is 0. The van der Waals surface area contributed by atoms with Crippen LogP contribution in [0.25, 0.3) is 39.0 Å². The minimum absolute atomic E-state index is 0.576. The highest BCUT2D eigenvalue weighted by Gasteiger charge is 2.30. The van der Waals surface area contributed by atoms with Gasteiger partial charge in [-0.1, -0.05) is 43.2 Å². The molecule has 0 radical (unpaired) electrons. The number of fused-ring (bicyclic) bond motifs is 1. The number of alkyl halides is 3. The van der Waals surface area contributed by atoms with Crippen molar-refractivity contribution in [2.75, 3.05) is 14.2 Å². The lowest BCUT2D eigenvalue weighted by Crippen LogP contribution is -2.07. The van der Waals surface area contributed by atoms with Gasteiger partial charge in [-0.15, -0.1) is 5.10 Å². The van der Waals surface area contributed by atoms with E-state index < -0.39 is 11.7 Å². The lowest BCUT2D eigenvalue weighted by Gasteiger charge is -2.13. The average Bonchev–Trinajstić information content (AvgIpc) is 3.46. The molecule has 0 amide bonds. The third-order valence-corrected chi connectivity index (χ3v) is 6.77. The molecule has 206 valence electrons. The van der Waals surface area contributed by atoms with Crippen LogP contribution in [0.3, 0.4) is 0 Å². The van der Waals surface area contributed by atoms with E-state index in [0.29, 0.717) is 34.7 Å². The lowest BCUT2D eigenvalue weighted by atomic mass is 10.00. The smallest absolute Gasteiger partial charge is 0.416 e. The molecule has 2 aromatic heterocycles. The van der Waals surface area contributed by atoms with E-state index in [1.165, 1.54) is 12.1 Å². The molecule has 5 rings (SSSR count). The van der Waals surface area contributed by atoms with E-state index in [1.54, 1.807) is 18.9 Å². The van der Waals surface area contributed by atoms with Crippen LogP contribution >= 0.6 is 0 Å². The molecule has 40 heavy (non-hydrogen) atoms. The van der Waals surface area contributed by atoms with Crippen LogP contribution in [0.1, 0.15) is 37.4 Å². The van der Waals surface area contributed by atoms with Crippen molar-refractivity contribution >= 4 is 10.9 Å². The molecule has 3 aromatic carbocycles. The maximum atomic E-state index is 13.1. The molecular formula is C30H28F3N5O2. The second-order valence-electron chi connectivity index (χ2n) is 9.38. The largest absolute Gasteiger partial charge is 0.493 e. The Kier molecular flexibility index (Phi) is 7.68. The Balaban J connectivity index is 1.61. The normalized spacial score (nSPS) is 11.7. The molecule has 0 atom stereocenters. The number of aryl methyl sites for hydroxylation is 1. The Bertz CT molecular complexity index is 1630. The monoisotopic (exact) mass is 547 g/mol. The Hall–Kier alpha value is -4.47. The second-order valence-corrected chi connectivity index (χ2v) is 9.38. The van der Waals surface area contributed by atoms with E-state index in [0.717, 1.165) is 59.3 Å². The van der Waals surface area contributed by atoms with Gasteiger partial charge in [0.05, 0.1) is 42.9 Å². The van der Waals surface area contributed by atoms with Gasteiger partial charge in [0.25, 0.3) is 0 Å². The van der Waals surface area contributed by atoms with Crippen molar-refractivity contribution < 1.29 is 22.6 Å². The summed E-state index contributed by atoms with van der Waals surface area (Å²) in [5, 5.41) is 18.6. The van der Waals surface area contributed by atoms with E-state index in [1.807, 2.05) is 42.6 Å². The Morgan fingerprint density at radius 3 is 2.20 bits per heavy atom. The molecule has 0 spiro atoms. The summed E-state index contributed by atoms with van der Waals surface area (Å²) in [7, 11) is 3.15. The van der Waals surface area contributed by atoms with Crippen LogP contribution < -0.4 is 9.47 Å². The van der Waals surface area contributed by atoms with Gasteiger partial charge in [-0.2, -0.15) is 23.4 Å². The fourth-order valence-electron chi connectivity index (χ4n) is 4.63. The van der Waals surface area contributed by atoms with Gasteiger partial charge in [0.1, 0.15) is 5.69 Å². The maximum absolute atomic E-state index is 13.1. The van der Waals surface area contributed by atoms with Gasteiger partial charge in [-0.25, -0.2) is 4.68 Å². The predicted molar refractivity (Wildman–Crippen MR) is 147 cm³/mol. The highest BCUT2D eigenvalue weighted by atomic mass is 19.4. The van der Waals surface area contributed by atoms with Gasteiger partial charge >= 0.3 is 6.18 Å². The zero-order valence-corrected chi connectivity index (χ0v) is 22.4.